The normalized spacial score (nSPS) is 22.9. The zero-order valence-corrected chi connectivity index (χ0v) is 16.8. The lowest BCUT2D eigenvalue weighted by atomic mass is 10.2. The number of sulfone groups is 1. The van der Waals surface area contributed by atoms with Crippen molar-refractivity contribution in [2.75, 3.05) is 24.6 Å². The van der Waals surface area contributed by atoms with Gasteiger partial charge in [-0.25, -0.2) is 12.8 Å². The smallest absolute Gasteiger partial charge is 0.294 e. The first-order chi connectivity index (χ1) is 13.2. The van der Waals surface area contributed by atoms with Gasteiger partial charge in [0.1, 0.15) is 12.4 Å². The van der Waals surface area contributed by atoms with Crippen LogP contribution in [0.15, 0.2) is 29.2 Å². The average Bonchev–Trinajstić information content (AvgIpc) is 3.11. The van der Waals surface area contributed by atoms with Crippen LogP contribution in [0.4, 0.5) is 9.18 Å². The number of nitrogens with zero attached hydrogens (tertiary/aromatic N) is 2. The SMILES string of the molecule is CCN(C(=O)CN1C(=O)S/C(=C\c2ccc(F)cc2)C1=O)[C@@H]1CCS(=O)(=O)C1. The number of hydrogen-bond acceptors (Lipinski definition) is 6. The van der Waals surface area contributed by atoms with Crippen LogP contribution in [0.1, 0.15) is 18.9 Å². The number of carbonyl (C=O) groups excluding carboxylic acids is 3. The lowest BCUT2D eigenvalue weighted by molar-refractivity contribution is -0.137. The molecule has 0 aliphatic carbocycles. The van der Waals surface area contributed by atoms with E-state index in [1.807, 2.05) is 0 Å². The summed E-state index contributed by atoms with van der Waals surface area (Å²) in [5, 5.41) is -0.568. The van der Waals surface area contributed by atoms with Crippen LogP contribution in [0, 0.1) is 5.82 Å². The third-order valence-electron chi connectivity index (χ3n) is 4.64. The number of amides is 3. The second-order valence-electron chi connectivity index (χ2n) is 6.56. The largest absolute Gasteiger partial charge is 0.337 e. The fraction of sp³-hybridized carbons (Fsp3) is 0.389. The summed E-state index contributed by atoms with van der Waals surface area (Å²) in [5.41, 5.74) is 0.560. The van der Waals surface area contributed by atoms with Crippen LogP contribution in [-0.2, 0) is 19.4 Å². The van der Waals surface area contributed by atoms with Crippen LogP contribution in [0.3, 0.4) is 0 Å². The van der Waals surface area contributed by atoms with Crippen LogP contribution >= 0.6 is 11.8 Å². The van der Waals surface area contributed by atoms with Crippen LogP contribution < -0.4 is 0 Å². The molecule has 2 aliphatic heterocycles. The van der Waals surface area contributed by atoms with E-state index in [4.69, 9.17) is 0 Å². The zero-order valence-electron chi connectivity index (χ0n) is 15.1. The summed E-state index contributed by atoms with van der Waals surface area (Å²) in [6.45, 7) is 1.58. The van der Waals surface area contributed by atoms with Gasteiger partial charge in [-0.15, -0.1) is 0 Å². The van der Waals surface area contributed by atoms with Gasteiger partial charge in [0.15, 0.2) is 9.84 Å². The van der Waals surface area contributed by atoms with Crippen molar-refractivity contribution in [1.29, 1.82) is 0 Å². The number of likely N-dealkylation sites (N-methyl/N-ethyl adjacent to an activating group) is 1. The number of benzene rings is 1. The first kappa shape index (κ1) is 20.5. The second-order valence-corrected chi connectivity index (χ2v) is 9.78. The Hall–Kier alpha value is -2.20. The number of hydrogen-bond donors (Lipinski definition) is 0. The fourth-order valence-corrected chi connectivity index (χ4v) is 5.80. The van der Waals surface area contributed by atoms with E-state index in [0.717, 1.165) is 4.90 Å². The Labute approximate surface area is 166 Å². The molecule has 0 aromatic heterocycles. The summed E-state index contributed by atoms with van der Waals surface area (Å²) in [5.74, 6) is -1.54. The van der Waals surface area contributed by atoms with Crippen LogP contribution in [-0.4, -0.2) is 65.9 Å². The molecule has 10 heteroatoms. The zero-order chi connectivity index (χ0) is 20.5. The molecule has 1 atom stereocenters. The molecule has 0 spiro atoms. The molecule has 0 saturated carbocycles. The van der Waals surface area contributed by atoms with Crippen molar-refractivity contribution in [1.82, 2.24) is 9.80 Å². The Morgan fingerprint density at radius 3 is 2.57 bits per heavy atom. The fourth-order valence-electron chi connectivity index (χ4n) is 3.23. The monoisotopic (exact) mass is 426 g/mol. The van der Waals surface area contributed by atoms with Gasteiger partial charge >= 0.3 is 0 Å². The second kappa shape index (κ2) is 8.04. The number of thioether (sulfide) groups is 1. The van der Waals surface area contributed by atoms with E-state index in [1.165, 1.54) is 35.2 Å². The topological polar surface area (TPSA) is 91.8 Å². The lowest BCUT2D eigenvalue weighted by Gasteiger charge is -2.28. The van der Waals surface area contributed by atoms with E-state index in [1.54, 1.807) is 6.92 Å². The van der Waals surface area contributed by atoms with E-state index in [9.17, 15) is 27.2 Å². The van der Waals surface area contributed by atoms with Gasteiger partial charge in [-0.05, 0) is 48.9 Å². The minimum Gasteiger partial charge on any atom is -0.337 e. The highest BCUT2D eigenvalue weighted by molar-refractivity contribution is 8.18. The maximum absolute atomic E-state index is 13.0. The molecule has 3 rings (SSSR count). The van der Waals surface area contributed by atoms with E-state index in [-0.39, 0.29) is 16.4 Å². The van der Waals surface area contributed by atoms with Gasteiger partial charge in [-0.2, -0.15) is 0 Å². The molecule has 0 radical (unpaired) electrons. The lowest BCUT2D eigenvalue weighted by Crippen LogP contribution is -2.47. The minimum absolute atomic E-state index is 0.0312. The molecule has 0 unspecified atom stereocenters. The summed E-state index contributed by atoms with van der Waals surface area (Å²) < 4.78 is 36.4. The van der Waals surface area contributed by atoms with Crippen molar-refractivity contribution in [3.63, 3.8) is 0 Å². The van der Waals surface area contributed by atoms with Gasteiger partial charge in [0.25, 0.3) is 11.1 Å². The summed E-state index contributed by atoms with van der Waals surface area (Å²) in [6.07, 6.45) is 1.82. The maximum Gasteiger partial charge on any atom is 0.294 e. The van der Waals surface area contributed by atoms with Gasteiger partial charge < -0.3 is 4.90 Å². The molecule has 2 heterocycles. The molecule has 2 fully saturated rings. The number of halogens is 1. The first-order valence-corrected chi connectivity index (χ1v) is 11.3. The average molecular weight is 426 g/mol. The molecule has 1 aromatic rings. The van der Waals surface area contributed by atoms with E-state index >= 15 is 0 Å². The Kier molecular flexibility index (Phi) is 5.90. The molecular formula is C18H19FN2O5S2. The molecule has 0 bridgehead atoms. The molecular weight excluding hydrogens is 407 g/mol. The predicted octanol–water partition coefficient (Wildman–Crippen LogP) is 1.90. The third-order valence-corrected chi connectivity index (χ3v) is 7.30. The summed E-state index contributed by atoms with van der Waals surface area (Å²) >= 11 is 0.712. The number of imide groups is 1. The number of rotatable bonds is 5. The van der Waals surface area contributed by atoms with E-state index < -0.39 is 45.3 Å². The quantitative estimate of drug-likeness (QED) is 0.668. The third kappa shape index (κ3) is 4.44. The highest BCUT2D eigenvalue weighted by Crippen LogP contribution is 2.32. The highest BCUT2D eigenvalue weighted by Gasteiger charge is 2.39. The Balaban J connectivity index is 1.71. The van der Waals surface area contributed by atoms with Gasteiger partial charge in [-0.3, -0.25) is 19.3 Å². The summed E-state index contributed by atoms with van der Waals surface area (Å²) in [6, 6.07) is 5.02. The van der Waals surface area contributed by atoms with Crippen molar-refractivity contribution in [3.05, 3.63) is 40.6 Å². The van der Waals surface area contributed by atoms with Gasteiger partial charge in [0.05, 0.1) is 16.4 Å². The number of carbonyl (C=O) groups is 3. The van der Waals surface area contributed by atoms with Gasteiger partial charge in [0, 0.05) is 12.6 Å². The molecule has 3 amide bonds. The molecule has 7 nitrogen and oxygen atoms in total. The molecule has 28 heavy (non-hydrogen) atoms. The minimum atomic E-state index is -3.16. The highest BCUT2D eigenvalue weighted by atomic mass is 32.2. The maximum atomic E-state index is 13.0. The van der Waals surface area contributed by atoms with E-state index in [2.05, 4.69) is 0 Å². The molecule has 1 aromatic carbocycles. The van der Waals surface area contributed by atoms with Gasteiger partial charge in [0.2, 0.25) is 5.91 Å². The van der Waals surface area contributed by atoms with Crippen molar-refractivity contribution in [3.8, 4) is 0 Å². The molecule has 2 saturated heterocycles. The Morgan fingerprint density at radius 1 is 1.32 bits per heavy atom. The van der Waals surface area contributed by atoms with Crippen LogP contribution in [0.2, 0.25) is 0 Å². The molecule has 0 N–H and O–H groups in total. The van der Waals surface area contributed by atoms with Crippen molar-refractivity contribution in [2.24, 2.45) is 0 Å². The predicted molar refractivity (Wildman–Crippen MR) is 104 cm³/mol. The van der Waals surface area contributed by atoms with Crippen molar-refractivity contribution >= 4 is 44.7 Å². The van der Waals surface area contributed by atoms with Crippen molar-refractivity contribution < 1.29 is 27.2 Å². The molecule has 2 aliphatic rings. The van der Waals surface area contributed by atoms with Crippen LogP contribution in [0.5, 0.6) is 0 Å². The van der Waals surface area contributed by atoms with Gasteiger partial charge in [-0.1, -0.05) is 12.1 Å². The van der Waals surface area contributed by atoms with E-state index in [0.29, 0.717) is 30.3 Å². The standard InChI is InChI=1S/C18H19FN2O5S2/c1-2-20(14-7-8-28(25,26)11-14)16(22)10-21-17(23)15(27-18(21)24)9-12-3-5-13(19)6-4-12/h3-6,9,14H,2,7-8,10-11H2,1H3/b15-9-/t14-/m1/s1. The molecule has 150 valence electrons. The van der Waals surface area contributed by atoms with Crippen molar-refractivity contribution in [2.45, 2.75) is 19.4 Å². The summed E-state index contributed by atoms with van der Waals surface area (Å²) in [7, 11) is -3.16. The Morgan fingerprint density at radius 2 is 2.00 bits per heavy atom. The Bertz CT molecular complexity index is 943. The summed E-state index contributed by atoms with van der Waals surface area (Å²) in [4.78, 5) is 39.8. The first-order valence-electron chi connectivity index (χ1n) is 8.71. The van der Waals surface area contributed by atoms with Crippen LogP contribution in [0.25, 0.3) is 6.08 Å².